The standard InChI is InChI=1S/C68H42N2O2S/c1-3-17-43(18-4-1)49-21-9-13-27-60(49)69(46-33-37-64-58(40-46)52-24-11-15-29-62(52)71-64)45-31-35-55-57(39-45)51-23-7-8-26-54(51)67-56-36-32-48(42-66(56)73-68(55)67)70(61-28-14-10-22-50(61)44-19-5-2-6-20-44)47-34-38-65-59(41-47)53-25-12-16-30-63(53)72-65/h1-42H. The molecule has 5 heteroatoms. The van der Waals surface area contributed by atoms with Crippen LogP contribution in [0.3, 0.4) is 0 Å². The molecule has 0 amide bonds. The molecule has 15 rings (SSSR count). The predicted octanol–water partition coefficient (Wildman–Crippen LogP) is 20.4. The van der Waals surface area contributed by atoms with E-state index in [1.165, 1.54) is 41.7 Å². The summed E-state index contributed by atoms with van der Waals surface area (Å²) < 4.78 is 15.2. The van der Waals surface area contributed by atoms with Gasteiger partial charge in [0.15, 0.2) is 0 Å². The Labute approximate surface area is 424 Å². The highest BCUT2D eigenvalue weighted by Crippen LogP contribution is 2.50. The summed E-state index contributed by atoms with van der Waals surface area (Å²) in [6, 6.07) is 91.8. The zero-order valence-electron chi connectivity index (χ0n) is 39.4. The Hall–Kier alpha value is -9.42. The van der Waals surface area contributed by atoms with E-state index in [2.05, 4.69) is 240 Å². The minimum Gasteiger partial charge on any atom is -0.456 e. The average Bonchev–Trinajstić information content (AvgIpc) is 4.16. The molecule has 4 nitrogen and oxygen atoms in total. The Morgan fingerprint density at radius 3 is 1.25 bits per heavy atom. The molecule has 0 aliphatic carbocycles. The van der Waals surface area contributed by atoms with Crippen LogP contribution in [0.25, 0.3) is 108 Å². The van der Waals surface area contributed by atoms with Gasteiger partial charge >= 0.3 is 0 Å². The van der Waals surface area contributed by atoms with Gasteiger partial charge in [-0.25, -0.2) is 0 Å². The van der Waals surface area contributed by atoms with Crippen LogP contribution in [0.1, 0.15) is 0 Å². The first-order chi connectivity index (χ1) is 36.2. The molecular weight excluding hydrogens is 909 g/mol. The number of thiophene rings is 1. The zero-order chi connectivity index (χ0) is 48.0. The maximum atomic E-state index is 6.36. The molecule has 12 aromatic carbocycles. The molecule has 0 unspecified atom stereocenters. The lowest BCUT2D eigenvalue weighted by atomic mass is 9.96. The summed E-state index contributed by atoms with van der Waals surface area (Å²) in [6.45, 7) is 0. The van der Waals surface area contributed by atoms with Gasteiger partial charge in [0.05, 0.1) is 11.4 Å². The van der Waals surface area contributed by atoms with Crippen molar-refractivity contribution in [3.8, 4) is 22.3 Å². The first-order valence-corrected chi connectivity index (χ1v) is 25.5. The molecule has 0 saturated carbocycles. The molecule has 0 saturated heterocycles. The van der Waals surface area contributed by atoms with E-state index in [0.29, 0.717) is 0 Å². The fraction of sp³-hybridized carbons (Fsp3) is 0. The number of rotatable bonds is 8. The molecule has 0 radical (unpaired) electrons. The second-order valence-electron chi connectivity index (χ2n) is 18.8. The van der Waals surface area contributed by atoms with Crippen LogP contribution in [-0.4, -0.2) is 0 Å². The van der Waals surface area contributed by atoms with Gasteiger partial charge in [-0.15, -0.1) is 11.3 Å². The zero-order valence-corrected chi connectivity index (χ0v) is 40.2. The fourth-order valence-corrected chi connectivity index (χ4v) is 12.6. The first kappa shape index (κ1) is 41.4. The molecule has 3 heterocycles. The van der Waals surface area contributed by atoms with Gasteiger partial charge in [0.25, 0.3) is 0 Å². The van der Waals surface area contributed by atoms with E-state index in [4.69, 9.17) is 8.83 Å². The van der Waals surface area contributed by atoms with Gasteiger partial charge in [-0.05, 0) is 112 Å². The summed E-state index contributed by atoms with van der Waals surface area (Å²) in [5.41, 5.74) is 14.6. The minimum atomic E-state index is 0.872. The Bertz CT molecular complexity index is 4650. The predicted molar refractivity (Wildman–Crippen MR) is 309 cm³/mol. The van der Waals surface area contributed by atoms with E-state index >= 15 is 0 Å². The van der Waals surface area contributed by atoms with Crippen LogP contribution >= 0.6 is 11.3 Å². The molecule has 0 N–H and O–H groups in total. The smallest absolute Gasteiger partial charge is 0.135 e. The van der Waals surface area contributed by atoms with Crippen molar-refractivity contribution < 1.29 is 8.83 Å². The molecule has 73 heavy (non-hydrogen) atoms. The molecule has 0 aliphatic heterocycles. The number of hydrogen-bond acceptors (Lipinski definition) is 5. The summed E-state index contributed by atoms with van der Waals surface area (Å²) in [5.74, 6) is 0. The van der Waals surface area contributed by atoms with Crippen molar-refractivity contribution in [2.75, 3.05) is 9.80 Å². The molecule has 0 fully saturated rings. The number of para-hydroxylation sites is 4. The molecule has 342 valence electrons. The summed E-state index contributed by atoms with van der Waals surface area (Å²) >= 11 is 1.88. The Morgan fingerprint density at radius 2 is 0.685 bits per heavy atom. The quantitative estimate of drug-likeness (QED) is 0.142. The monoisotopic (exact) mass is 950 g/mol. The summed E-state index contributed by atoms with van der Waals surface area (Å²) in [7, 11) is 0. The highest BCUT2D eigenvalue weighted by atomic mass is 32.1. The van der Waals surface area contributed by atoms with E-state index in [1.807, 2.05) is 35.6 Å². The van der Waals surface area contributed by atoms with Gasteiger partial charge in [-0.3, -0.25) is 0 Å². The van der Waals surface area contributed by atoms with E-state index < -0.39 is 0 Å². The van der Waals surface area contributed by atoms with Crippen molar-refractivity contribution in [3.63, 3.8) is 0 Å². The number of furan rings is 2. The van der Waals surface area contributed by atoms with Gasteiger partial charge in [-0.2, -0.15) is 0 Å². The van der Waals surface area contributed by atoms with Crippen molar-refractivity contribution in [1.29, 1.82) is 0 Å². The van der Waals surface area contributed by atoms with Crippen LogP contribution in [-0.2, 0) is 0 Å². The van der Waals surface area contributed by atoms with Gasteiger partial charge in [-0.1, -0.05) is 170 Å². The van der Waals surface area contributed by atoms with Gasteiger partial charge < -0.3 is 18.6 Å². The second kappa shape index (κ2) is 16.6. The Morgan fingerprint density at radius 1 is 0.274 bits per heavy atom. The van der Waals surface area contributed by atoms with Crippen molar-refractivity contribution in [2.45, 2.75) is 0 Å². The van der Waals surface area contributed by atoms with Gasteiger partial charge in [0.1, 0.15) is 22.3 Å². The SMILES string of the molecule is c1ccc(-c2ccccc2N(c2ccc3c(c2)sc2c4ccc(N(c5ccc6oc7ccccc7c6c5)c5ccccc5-c5ccccc5)cc4c4ccccc4c32)c2ccc3oc4ccccc4c3c2)cc1. The third kappa shape index (κ3) is 6.67. The van der Waals surface area contributed by atoms with Crippen molar-refractivity contribution in [1.82, 2.24) is 0 Å². The molecule has 0 aliphatic rings. The first-order valence-electron chi connectivity index (χ1n) is 24.7. The van der Waals surface area contributed by atoms with Crippen molar-refractivity contribution >= 4 is 131 Å². The van der Waals surface area contributed by atoms with Gasteiger partial charge in [0, 0.05) is 81.0 Å². The van der Waals surface area contributed by atoms with E-state index in [0.717, 1.165) is 100 Å². The van der Waals surface area contributed by atoms with E-state index in [1.54, 1.807) is 0 Å². The van der Waals surface area contributed by atoms with Crippen molar-refractivity contribution in [3.05, 3.63) is 255 Å². The van der Waals surface area contributed by atoms with E-state index in [-0.39, 0.29) is 0 Å². The molecule has 3 aromatic heterocycles. The number of benzene rings is 12. The highest BCUT2D eigenvalue weighted by molar-refractivity contribution is 7.27. The second-order valence-corrected chi connectivity index (χ2v) is 19.8. The van der Waals surface area contributed by atoms with Crippen LogP contribution in [0.4, 0.5) is 34.1 Å². The van der Waals surface area contributed by atoms with Crippen LogP contribution in [0.15, 0.2) is 264 Å². The molecule has 15 aromatic rings. The third-order valence-electron chi connectivity index (χ3n) is 14.6. The largest absolute Gasteiger partial charge is 0.456 e. The third-order valence-corrected chi connectivity index (χ3v) is 15.8. The summed E-state index contributed by atoms with van der Waals surface area (Å²) in [4.78, 5) is 4.84. The Balaban J connectivity index is 0.942. The number of nitrogens with zero attached hydrogens (tertiary/aromatic N) is 2. The van der Waals surface area contributed by atoms with Gasteiger partial charge in [0.2, 0.25) is 0 Å². The lowest BCUT2D eigenvalue weighted by molar-refractivity contribution is 0.668. The van der Waals surface area contributed by atoms with Crippen LogP contribution < -0.4 is 9.80 Å². The lowest BCUT2D eigenvalue weighted by Crippen LogP contribution is -2.11. The molecule has 0 atom stereocenters. The number of anilines is 6. The van der Waals surface area contributed by atoms with E-state index in [9.17, 15) is 0 Å². The van der Waals surface area contributed by atoms with Crippen LogP contribution in [0.5, 0.6) is 0 Å². The normalized spacial score (nSPS) is 11.8. The number of hydrogen-bond donors (Lipinski definition) is 0. The number of fused-ring (bicyclic) bond motifs is 14. The topological polar surface area (TPSA) is 32.8 Å². The van der Waals surface area contributed by atoms with Crippen LogP contribution in [0, 0.1) is 0 Å². The molecule has 0 bridgehead atoms. The highest BCUT2D eigenvalue weighted by Gasteiger charge is 2.24. The maximum absolute atomic E-state index is 6.36. The maximum Gasteiger partial charge on any atom is 0.135 e. The fourth-order valence-electron chi connectivity index (χ4n) is 11.3. The molecule has 0 spiro atoms. The summed E-state index contributed by atoms with van der Waals surface area (Å²) in [6.07, 6.45) is 0. The van der Waals surface area contributed by atoms with Crippen LogP contribution in [0.2, 0.25) is 0 Å². The minimum absolute atomic E-state index is 0.872. The molecular formula is C68H42N2O2S. The Kier molecular flexibility index (Phi) is 9.41. The average molecular weight is 951 g/mol. The lowest BCUT2D eigenvalue weighted by Gasteiger charge is -2.28. The summed E-state index contributed by atoms with van der Waals surface area (Å²) in [5, 5.41) is 11.8. The van der Waals surface area contributed by atoms with Crippen molar-refractivity contribution in [2.24, 2.45) is 0 Å².